The first-order valence-corrected chi connectivity index (χ1v) is 8.25. The summed E-state index contributed by atoms with van der Waals surface area (Å²) in [6.45, 7) is -0.366. The molecule has 8 heteroatoms. The van der Waals surface area contributed by atoms with Gasteiger partial charge < -0.3 is 4.74 Å². The minimum absolute atomic E-state index is 0.0271. The van der Waals surface area contributed by atoms with Crippen molar-refractivity contribution in [1.29, 1.82) is 0 Å². The van der Waals surface area contributed by atoms with Crippen molar-refractivity contribution in [2.24, 2.45) is 0 Å². The molecule has 0 unspecified atom stereocenters. The van der Waals surface area contributed by atoms with Gasteiger partial charge >= 0.3 is 0 Å². The van der Waals surface area contributed by atoms with Crippen molar-refractivity contribution in [3.63, 3.8) is 0 Å². The second-order valence-corrected chi connectivity index (χ2v) is 6.01. The minimum Gasteiger partial charge on any atom is -0.482 e. The number of carbonyl (C=O) groups excluding carboxylic acids is 3. The highest BCUT2D eigenvalue weighted by molar-refractivity contribution is 6.31. The summed E-state index contributed by atoms with van der Waals surface area (Å²) < 4.78 is 5.32. The number of carbonyl (C=O) groups is 3. The summed E-state index contributed by atoms with van der Waals surface area (Å²) in [6, 6.07) is 13.9. The molecule has 0 bridgehead atoms. The molecule has 3 amide bonds. The van der Waals surface area contributed by atoms with E-state index in [2.05, 4.69) is 10.9 Å². The Hall–Kier alpha value is -3.06. The SMILES string of the molecule is O=C(Cc1ccccc1Cl)NNC(=O)CN1C(=O)COc2ccccc21. The van der Waals surface area contributed by atoms with E-state index in [1.165, 1.54) is 4.90 Å². The van der Waals surface area contributed by atoms with Crippen LogP contribution in [-0.4, -0.2) is 30.9 Å². The van der Waals surface area contributed by atoms with Crippen molar-refractivity contribution in [3.05, 3.63) is 59.1 Å². The molecule has 1 heterocycles. The number of fused-ring (bicyclic) bond motifs is 1. The molecule has 0 radical (unpaired) electrons. The maximum absolute atomic E-state index is 12.1. The van der Waals surface area contributed by atoms with Crippen LogP contribution in [0.3, 0.4) is 0 Å². The van der Waals surface area contributed by atoms with Crippen molar-refractivity contribution in [2.75, 3.05) is 18.1 Å². The van der Waals surface area contributed by atoms with Gasteiger partial charge in [-0.15, -0.1) is 0 Å². The molecule has 0 fully saturated rings. The van der Waals surface area contributed by atoms with Crippen LogP contribution in [0.1, 0.15) is 5.56 Å². The number of nitrogens with zero attached hydrogens (tertiary/aromatic N) is 1. The molecule has 2 aromatic rings. The van der Waals surface area contributed by atoms with Crippen LogP contribution in [0.15, 0.2) is 48.5 Å². The van der Waals surface area contributed by atoms with Gasteiger partial charge in [0.25, 0.3) is 11.8 Å². The van der Waals surface area contributed by atoms with Gasteiger partial charge in [0.2, 0.25) is 5.91 Å². The average Bonchev–Trinajstić information content (AvgIpc) is 2.64. The van der Waals surface area contributed by atoms with E-state index in [0.29, 0.717) is 22.0 Å². The van der Waals surface area contributed by atoms with Crippen LogP contribution in [0, 0.1) is 0 Å². The first kappa shape index (κ1) is 17.8. The summed E-state index contributed by atoms with van der Waals surface area (Å²) >= 11 is 6.00. The lowest BCUT2D eigenvalue weighted by Crippen LogP contribution is -2.50. The van der Waals surface area contributed by atoms with Crippen LogP contribution in [0.2, 0.25) is 5.02 Å². The lowest BCUT2D eigenvalue weighted by Gasteiger charge is -2.28. The zero-order chi connectivity index (χ0) is 18.5. The van der Waals surface area contributed by atoms with Crippen LogP contribution in [0.4, 0.5) is 5.69 Å². The summed E-state index contributed by atoms with van der Waals surface area (Å²) in [5.74, 6) is -0.744. The predicted molar refractivity (Wildman–Crippen MR) is 95.7 cm³/mol. The molecular formula is C18H16ClN3O4. The maximum atomic E-state index is 12.1. The molecule has 0 spiro atoms. The highest BCUT2D eigenvalue weighted by atomic mass is 35.5. The number of rotatable bonds is 4. The van der Waals surface area contributed by atoms with Crippen LogP contribution in [0.25, 0.3) is 0 Å². The monoisotopic (exact) mass is 373 g/mol. The number of anilines is 1. The van der Waals surface area contributed by atoms with Gasteiger partial charge in [-0.1, -0.05) is 41.9 Å². The minimum atomic E-state index is -0.525. The van der Waals surface area contributed by atoms with Crippen LogP contribution >= 0.6 is 11.6 Å². The molecule has 3 rings (SSSR count). The van der Waals surface area contributed by atoms with Crippen molar-refractivity contribution in [1.82, 2.24) is 10.9 Å². The van der Waals surface area contributed by atoms with E-state index in [0.717, 1.165) is 0 Å². The Morgan fingerprint density at radius 2 is 1.73 bits per heavy atom. The zero-order valence-electron chi connectivity index (χ0n) is 13.7. The van der Waals surface area contributed by atoms with E-state index in [9.17, 15) is 14.4 Å². The van der Waals surface area contributed by atoms with Crippen molar-refractivity contribution < 1.29 is 19.1 Å². The van der Waals surface area contributed by atoms with Crippen LogP contribution in [0.5, 0.6) is 5.75 Å². The molecule has 0 atom stereocenters. The molecular weight excluding hydrogens is 358 g/mol. The average molecular weight is 374 g/mol. The van der Waals surface area contributed by atoms with Crippen molar-refractivity contribution >= 4 is 35.0 Å². The predicted octanol–water partition coefficient (Wildman–Crippen LogP) is 1.46. The second kappa shape index (κ2) is 7.88. The molecule has 0 saturated heterocycles. The molecule has 134 valence electrons. The van der Waals surface area contributed by atoms with Gasteiger partial charge in [-0.05, 0) is 23.8 Å². The fourth-order valence-electron chi connectivity index (χ4n) is 2.51. The molecule has 1 aliphatic rings. The quantitative estimate of drug-likeness (QED) is 0.794. The number of hydrogen-bond acceptors (Lipinski definition) is 4. The Bertz CT molecular complexity index is 856. The number of hydrogen-bond donors (Lipinski definition) is 2. The first-order chi connectivity index (χ1) is 12.5. The Labute approximate surface area is 154 Å². The van der Waals surface area contributed by atoms with Gasteiger partial charge in [0, 0.05) is 5.02 Å². The van der Waals surface area contributed by atoms with E-state index in [1.807, 2.05) is 0 Å². The Kier molecular flexibility index (Phi) is 5.38. The van der Waals surface area contributed by atoms with E-state index in [-0.39, 0.29) is 25.5 Å². The number of benzene rings is 2. The number of para-hydroxylation sites is 2. The van der Waals surface area contributed by atoms with E-state index >= 15 is 0 Å². The Morgan fingerprint density at radius 1 is 1.04 bits per heavy atom. The molecule has 1 aliphatic heterocycles. The molecule has 7 nitrogen and oxygen atoms in total. The highest BCUT2D eigenvalue weighted by Crippen LogP contribution is 2.31. The van der Waals surface area contributed by atoms with Gasteiger partial charge in [0.15, 0.2) is 6.61 Å². The third-order valence-electron chi connectivity index (χ3n) is 3.76. The molecule has 2 N–H and O–H groups in total. The zero-order valence-corrected chi connectivity index (χ0v) is 14.5. The lowest BCUT2D eigenvalue weighted by atomic mass is 10.1. The summed E-state index contributed by atoms with van der Waals surface area (Å²) in [5, 5.41) is 0.476. The van der Waals surface area contributed by atoms with Crippen molar-refractivity contribution in [2.45, 2.75) is 6.42 Å². The first-order valence-electron chi connectivity index (χ1n) is 7.88. The van der Waals surface area contributed by atoms with E-state index in [4.69, 9.17) is 16.3 Å². The number of ether oxygens (including phenoxy) is 1. The van der Waals surface area contributed by atoms with Crippen LogP contribution in [-0.2, 0) is 20.8 Å². The highest BCUT2D eigenvalue weighted by Gasteiger charge is 2.27. The Balaban J connectivity index is 1.55. The number of amides is 3. The summed E-state index contributed by atoms with van der Waals surface area (Å²) in [6.07, 6.45) is 0.0271. The van der Waals surface area contributed by atoms with E-state index < -0.39 is 11.8 Å². The number of halogens is 1. The Morgan fingerprint density at radius 3 is 2.54 bits per heavy atom. The van der Waals surface area contributed by atoms with E-state index in [1.54, 1.807) is 48.5 Å². The third kappa shape index (κ3) is 4.12. The fraction of sp³-hybridized carbons (Fsp3) is 0.167. The summed E-state index contributed by atoms with van der Waals surface area (Å²) in [5.41, 5.74) is 5.79. The topological polar surface area (TPSA) is 87.7 Å². The van der Waals surface area contributed by atoms with Crippen LogP contribution < -0.4 is 20.5 Å². The number of nitrogens with one attached hydrogen (secondary N) is 2. The standard InChI is InChI=1S/C18H16ClN3O4/c19-13-6-2-1-5-12(13)9-16(23)20-21-17(24)10-22-14-7-3-4-8-15(14)26-11-18(22)25/h1-8H,9-11H2,(H,20,23)(H,21,24). The van der Waals surface area contributed by atoms with Gasteiger partial charge in [-0.2, -0.15) is 0 Å². The van der Waals surface area contributed by atoms with Crippen molar-refractivity contribution in [3.8, 4) is 5.75 Å². The van der Waals surface area contributed by atoms with Gasteiger partial charge in [-0.25, -0.2) is 0 Å². The lowest BCUT2D eigenvalue weighted by molar-refractivity contribution is -0.129. The maximum Gasteiger partial charge on any atom is 0.265 e. The molecule has 2 aromatic carbocycles. The normalized spacial score (nSPS) is 12.8. The fourth-order valence-corrected chi connectivity index (χ4v) is 2.71. The second-order valence-electron chi connectivity index (χ2n) is 5.60. The third-order valence-corrected chi connectivity index (χ3v) is 4.13. The number of hydrazine groups is 1. The largest absolute Gasteiger partial charge is 0.482 e. The van der Waals surface area contributed by atoms with Gasteiger partial charge in [0.05, 0.1) is 12.1 Å². The van der Waals surface area contributed by atoms with Gasteiger partial charge in [-0.3, -0.25) is 30.1 Å². The molecule has 0 saturated carbocycles. The molecule has 0 aromatic heterocycles. The molecule has 0 aliphatic carbocycles. The molecule has 26 heavy (non-hydrogen) atoms. The summed E-state index contributed by atoms with van der Waals surface area (Å²) in [7, 11) is 0. The van der Waals surface area contributed by atoms with Gasteiger partial charge in [0.1, 0.15) is 12.3 Å². The summed E-state index contributed by atoms with van der Waals surface area (Å²) in [4.78, 5) is 37.4. The smallest absolute Gasteiger partial charge is 0.265 e.